The number of halogens is 3. The van der Waals surface area contributed by atoms with E-state index in [0.29, 0.717) is 6.42 Å². The maximum Gasteiger partial charge on any atom is 0.410 e. The van der Waals surface area contributed by atoms with Gasteiger partial charge in [-0.05, 0) is 6.42 Å². The Labute approximate surface area is 86.3 Å². The lowest BCUT2D eigenvalue weighted by Gasteiger charge is -2.19. The molecule has 0 saturated carbocycles. The number of unbranched alkanes of at least 4 members (excludes halogenated alkanes) is 2. The minimum atomic E-state index is -4.25. The van der Waals surface area contributed by atoms with Gasteiger partial charge in [0.15, 0.2) is 0 Å². The Hall–Kier alpha value is -1.07. The highest BCUT2D eigenvalue weighted by Crippen LogP contribution is 2.33. The van der Waals surface area contributed by atoms with Gasteiger partial charge in [0.2, 0.25) is 0 Å². The zero-order valence-corrected chi connectivity index (χ0v) is 8.54. The molecule has 0 amide bonds. The molecule has 1 aromatic rings. The smallest absolute Gasteiger partial charge is 0.240 e. The molecule has 0 N–H and O–H groups in total. The maximum atomic E-state index is 12.6. The number of hydrogen-bond acceptors (Lipinski definition) is 2. The molecule has 0 fully saturated rings. The maximum absolute atomic E-state index is 12.6. The van der Waals surface area contributed by atoms with E-state index < -0.39 is 12.2 Å². The van der Waals surface area contributed by atoms with Gasteiger partial charge in [0, 0.05) is 6.20 Å². The van der Waals surface area contributed by atoms with Crippen LogP contribution in [0.15, 0.2) is 12.4 Å². The van der Waals surface area contributed by atoms with E-state index in [0.717, 1.165) is 17.5 Å². The Balaban J connectivity index is 2.63. The van der Waals surface area contributed by atoms with Crippen molar-refractivity contribution in [2.45, 2.75) is 44.8 Å². The van der Waals surface area contributed by atoms with Crippen molar-refractivity contribution in [2.24, 2.45) is 0 Å². The normalized spacial score (nSPS) is 14.1. The van der Waals surface area contributed by atoms with Gasteiger partial charge in [0.25, 0.3) is 0 Å². The molecule has 6 heteroatoms. The minimum absolute atomic E-state index is 0.0701. The highest BCUT2D eigenvalue weighted by molar-refractivity contribution is 4.77. The first kappa shape index (κ1) is 12.0. The molecule has 1 atom stereocenters. The van der Waals surface area contributed by atoms with Crippen LogP contribution in [0.3, 0.4) is 0 Å². The summed E-state index contributed by atoms with van der Waals surface area (Å²) in [5.74, 6) is 0. The fourth-order valence-corrected chi connectivity index (χ4v) is 1.42. The average Bonchev–Trinajstić information content (AvgIpc) is 2.63. The summed E-state index contributed by atoms with van der Waals surface area (Å²) < 4.78 is 38.8. The summed E-state index contributed by atoms with van der Waals surface area (Å²) in [5, 5.41) is 6.81. The van der Waals surface area contributed by atoms with Crippen LogP contribution < -0.4 is 0 Å². The molecule has 0 saturated heterocycles. The standard InChI is InChI=1S/C9H14F3N3/c1-2-3-4-5-8(9(10,11)12)15-7-6-13-14-15/h6-8H,2-5H2,1H3. The van der Waals surface area contributed by atoms with Crippen molar-refractivity contribution >= 4 is 0 Å². The van der Waals surface area contributed by atoms with E-state index in [4.69, 9.17) is 0 Å². The van der Waals surface area contributed by atoms with Crippen molar-refractivity contribution in [3.63, 3.8) is 0 Å². The molecule has 0 radical (unpaired) electrons. The van der Waals surface area contributed by atoms with Crippen LogP contribution in [-0.2, 0) is 0 Å². The van der Waals surface area contributed by atoms with Crippen LogP contribution in [0.4, 0.5) is 13.2 Å². The van der Waals surface area contributed by atoms with E-state index in [1.165, 1.54) is 12.4 Å². The van der Waals surface area contributed by atoms with Crippen LogP contribution in [0.25, 0.3) is 0 Å². The Bertz CT molecular complexity index is 269. The zero-order valence-electron chi connectivity index (χ0n) is 8.54. The molecule has 3 nitrogen and oxygen atoms in total. The minimum Gasteiger partial charge on any atom is -0.240 e. The van der Waals surface area contributed by atoms with Crippen molar-refractivity contribution in [1.82, 2.24) is 15.0 Å². The summed E-state index contributed by atoms with van der Waals surface area (Å²) in [7, 11) is 0. The molecule has 1 aromatic heterocycles. The molecular formula is C9H14F3N3. The van der Waals surface area contributed by atoms with Crippen LogP contribution in [0.2, 0.25) is 0 Å². The Morgan fingerprint density at radius 1 is 1.33 bits per heavy atom. The molecule has 0 aliphatic rings. The van der Waals surface area contributed by atoms with Crippen LogP contribution in [0.1, 0.15) is 38.6 Å². The van der Waals surface area contributed by atoms with Crippen LogP contribution in [0.5, 0.6) is 0 Å². The second-order valence-electron chi connectivity index (χ2n) is 3.44. The third kappa shape index (κ3) is 3.53. The van der Waals surface area contributed by atoms with Gasteiger partial charge in [-0.15, -0.1) is 5.10 Å². The fourth-order valence-electron chi connectivity index (χ4n) is 1.42. The Morgan fingerprint density at radius 2 is 2.07 bits per heavy atom. The Kier molecular flexibility index (Phi) is 4.11. The largest absolute Gasteiger partial charge is 0.410 e. The molecule has 0 bridgehead atoms. The molecule has 1 rings (SSSR count). The highest BCUT2D eigenvalue weighted by Gasteiger charge is 2.40. The molecule has 0 aromatic carbocycles. The quantitative estimate of drug-likeness (QED) is 0.715. The lowest BCUT2D eigenvalue weighted by molar-refractivity contribution is -0.172. The van der Waals surface area contributed by atoms with Gasteiger partial charge in [-0.25, -0.2) is 4.68 Å². The Morgan fingerprint density at radius 3 is 2.53 bits per heavy atom. The first-order valence-electron chi connectivity index (χ1n) is 4.98. The van der Waals surface area contributed by atoms with Crippen molar-refractivity contribution in [1.29, 1.82) is 0 Å². The van der Waals surface area contributed by atoms with Crippen molar-refractivity contribution in [3.05, 3.63) is 12.4 Å². The van der Waals surface area contributed by atoms with E-state index in [1.807, 2.05) is 6.92 Å². The summed E-state index contributed by atoms with van der Waals surface area (Å²) in [4.78, 5) is 0. The van der Waals surface area contributed by atoms with Gasteiger partial charge in [-0.2, -0.15) is 13.2 Å². The van der Waals surface area contributed by atoms with E-state index in [2.05, 4.69) is 10.3 Å². The van der Waals surface area contributed by atoms with E-state index >= 15 is 0 Å². The van der Waals surface area contributed by atoms with Crippen LogP contribution in [0, 0.1) is 0 Å². The molecule has 1 unspecified atom stereocenters. The molecule has 86 valence electrons. The van der Waals surface area contributed by atoms with Gasteiger partial charge >= 0.3 is 6.18 Å². The number of alkyl halides is 3. The SMILES string of the molecule is CCCCCC(n1ccnn1)C(F)(F)F. The van der Waals surface area contributed by atoms with Crippen molar-refractivity contribution in [3.8, 4) is 0 Å². The summed E-state index contributed by atoms with van der Waals surface area (Å²) in [6.07, 6.45) is 0.606. The first-order chi connectivity index (χ1) is 7.05. The number of aromatic nitrogens is 3. The summed E-state index contributed by atoms with van der Waals surface area (Å²) in [6, 6.07) is -1.54. The molecule has 0 aliphatic heterocycles. The summed E-state index contributed by atoms with van der Waals surface area (Å²) in [5.41, 5.74) is 0. The van der Waals surface area contributed by atoms with Gasteiger partial charge in [-0.3, -0.25) is 0 Å². The molecule has 0 aliphatic carbocycles. The van der Waals surface area contributed by atoms with Crippen molar-refractivity contribution < 1.29 is 13.2 Å². The van der Waals surface area contributed by atoms with E-state index in [-0.39, 0.29) is 6.42 Å². The third-order valence-corrected chi connectivity index (χ3v) is 2.22. The molecule has 15 heavy (non-hydrogen) atoms. The number of nitrogens with zero attached hydrogens (tertiary/aromatic N) is 3. The second-order valence-corrected chi connectivity index (χ2v) is 3.44. The zero-order chi connectivity index (χ0) is 11.3. The fraction of sp³-hybridized carbons (Fsp3) is 0.778. The number of rotatable bonds is 5. The van der Waals surface area contributed by atoms with E-state index in [1.54, 1.807) is 0 Å². The lowest BCUT2D eigenvalue weighted by atomic mass is 10.1. The average molecular weight is 221 g/mol. The predicted octanol–water partition coefficient (Wildman–Crippen LogP) is 2.96. The third-order valence-electron chi connectivity index (χ3n) is 2.22. The molecule has 0 spiro atoms. The van der Waals surface area contributed by atoms with Crippen molar-refractivity contribution in [2.75, 3.05) is 0 Å². The van der Waals surface area contributed by atoms with E-state index in [9.17, 15) is 13.2 Å². The first-order valence-corrected chi connectivity index (χ1v) is 4.98. The highest BCUT2D eigenvalue weighted by atomic mass is 19.4. The molecular weight excluding hydrogens is 207 g/mol. The molecule has 1 heterocycles. The lowest BCUT2D eigenvalue weighted by Crippen LogP contribution is -2.27. The van der Waals surface area contributed by atoms with Gasteiger partial charge in [0.05, 0.1) is 6.20 Å². The summed E-state index contributed by atoms with van der Waals surface area (Å²) >= 11 is 0. The second kappa shape index (κ2) is 5.14. The topological polar surface area (TPSA) is 30.7 Å². The monoisotopic (exact) mass is 221 g/mol. The summed E-state index contributed by atoms with van der Waals surface area (Å²) in [6.45, 7) is 1.96. The van der Waals surface area contributed by atoms with Gasteiger partial charge in [0.1, 0.15) is 6.04 Å². The predicted molar refractivity (Wildman–Crippen MR) is 49.3 cm³/mol. The number of hydrogen-bond donors (Lipinski definition) is 0. The van der Waals surface area contributed by atoms with Crippen LogP contribution in [-0.4, -0.2) is 21.2 Å². The van der Waals surface area contributed by atoms with Crippen LogP contribution >= 0.6 is 0 Å². The van der Waals surface area contributed by atoms with Gasteiger partial charge in [-0.1, -0.05) is 31.4 Å². The van der Waals surface area contributed by atoms with Gasteiger partial charge < -0.3 is 0 Å².